The SMILES string of the molecule is CC/C=C\C/C=C\C/C=C\CC(=O)OCC(COC(=O)CCCCC/C=C\C=C/CCCCCCCCC)OC(=O)CCCCCCCCCCCCC. The Balaban J connectivity index is 4.45. The molecule has 0 amide bonds. The van der Waals surface area contributed by atoms with E-state index < -0.39 is 12.1 Å². The maximum atomic E-state index is 12.7. The lowest BCUT2D eigenvalue weighted by molar-refractivity contribution is -0.166. The largest absolute Gasteiger partial charge is 0.462 e. The van der Waals surface area contributed by atoms with Crippen molar-refractivity contribution in [2.75, 3.05) is 13.2 Å². The number of ether oxygens (including phenoxy) is 3. The minimum absolute atomic E-state index is 0.114. The molecule has 0 saturated carbocycles. The highest BCUT2D eigenvalue weighted by molar-refractivity contribution is 5.72. The van der Waals surface area contributed by atoms with Gasteiger partial charge in [0, 0.05) is 12.8 Å². The zero-order valence-corrected chi connectivity index (χ0v) is 35.2. The van der Waals surface area contributed by atoms with E-state index in [4.69, 9.17) is 14.2 Å². The van der Waals surface area contributed by atoms with E-state index in [1.54, 1.807) is 6.08 Å². The quantitative estimate of drug-likeness (QED) is 0.0204. The number of esters is 3. The fourth-order valence-electron chi connectivity index (χ4n) is 5.96. The van der Waals surface area contributed by atoms with Gasteiger partial charge in [0.2, 0.25) is 0 Å². The van der Waals surface area contributed by atoms with Gasteiger partial charge in [0.05, 0.1) is 6.42 Å². The third-order valence-electron chi connectivity index (χ3n) is 9.32. The highest BCUT2D eigenvalue weighted by Crippen LogP contribution is 2.13. The number of hydrogen-bond donors (Lipinski definition) is 0. The Hall–Kier alpha value is -2.89. The van der Waals surface area contributed by atoms with Crippen LogP contribution in [0, 0.1) is 0 Å². The second-order valence-electron chi connectivity index (χ2n) is 14.6. The van der Waals surface area contributed by atoms with Crippen molar-refractivity contribution in [3.05, 3.63) is 60.8 Å². The normalized spacial score (nSPS) is 12.6. The fourth-order valence-corrected chi connectivity index (χ4v) is 5.96. The molecule has 0 aromatic carbocycles. The number of rotatable bonds is 39. The fraction of sp³-hybridized carbons (Fsp3) is 0.729. The van der Waals surface area contributed by atoms with Gasteiger partial charge in [0.1, 0.15) is 13.2 Å². The van der Waals surface area contributed by atoms with Gasteiger partial charge in [-0.2, -0.15) is 0 Å². The summed E-state index contributed by atoms with van der Waals surface area (Å²) in [6, 6.07) is 0. The Labute approximate surface area is 332 Å². The number of allylic oxidation sites excluding steroid dienone is 9. The minimum atomic E-state index is -0.815. The van der Waals surface area contributed by atoms with Gasteiger partial charge in [-0.1, -0.05) is 191 Å². The zero-order chi connectivity index (χ0) is 39.4. The average Bonchev–Trinajstić information content (AvgIpc) is 3.17. The van der Waals surface area contributed by atoms with E-state index in [1.165, 1.54) is 96.3 Å². The van der Waals surface area contributed by atoms with Gasteiger partial charge in [-0.15, -0.1) is 0 Å². The van der Waals surface area contributed by atoms with E-state index in [1.807, 2.05) is 6.08 Å². The van der Waals surface area contributed by atoms with Crippen LogP contribution >= 0.6 is 0 Å². The van der Waals surface area contributed by atoms with Crippen LogP contribution in [0.1, 0.15) is 207 Å². The molecule has 0 aliphatic rings. The van der Waals surface area contributed by atoms with Crippen LogP contribution in [0.25, 0.3) is 0 Å². The molecule has 0 saturated heterocycles. The van der Waals surface area contributed by atoms with Gasteiger partial charge in [0.25, 0.3) is 0 Å². The monoisotopic (exact) mass is 755 g/mol. The summed E-state index contributed by atoms with van der Waals surface area (Å²) in [5.41, 5.74) is 0. The van der Waals surface area contributed by atoms with Crippen molar-refractivity contribution in [2.24, 2.45) is 0 Å². The lowest BCUT2D eigenvalue weighted by Crippen LogP contribution is -2.30. The van der Waals surface area contributed by atoms with E-state index in [2.05, 4.69) is 69.4 Å². The number of carbonyl (C=O) groups excluding carboxylic acids is 3. The molecule has 0 heterocycles. The maximum Gasteiger partial charge on any atom is 0.309 e. The first kappa shape index (κ1) is 51.1. The molecule has 0 radical (unpaired) electrons. The third-order valence-corrected chi connectivity index (χ3v) is 9.32. The van der Waals surface area contributed by atoms with Crippen LogP contribution in [0.5, 0.6) is 0 Å². The van der Waals surface area contributed by atoms with E-state index >= 15 is 0 Å². The summed E-state index contributed by atoms with van der Waals surface area (Å²) in [5, 5.41) is 0. The van der Waals surface area contributed by atoms with Crippen LogP contribution in [0.4, 0.5) is 0 Å². The smallest absolute Gasteiger partial charge is 0.309 e. The molecule has 0 fully saturated rings. The van der Waals surface area contributed by atoms with Crippen molar-refractivity contribution in [1.29, 1.82) is 0 Å². The summed E-state index contributed by atoms with van der Waals surface area (Å²) in [7, 11) is 0. The lowest BCUT2D eigenvalue weighted by atomic mass is 10.1. The van der Waals surface area contributed by atoms with E-state index in [-0.39, 0.29) is 31.6 Å². The Morgan fingerprint density at radius 1 is 0.426 bits per heavy atom. The number of unbranched alkanes of at least 4 members (excludes halogenated alkanes) is 20. The molecule has 6 nitrogen and oxygen atoms in total. The first-order valence-corrected chi connectivity index (χ1v) is 22.3. The zero-order valence-electron chi connectivity index (χ0n) is 35.2. The molecule has 0 N–H and O–H groups in total. The third kappa shape index (κ3) is 40.3. The van der Waals surface area contributed by atoms with Crippen LogP contribution in [-0.2, 0) is 28.6 Å². The highest BCUT2D eigenvalue weighted by Gasteiger charge is 2.19. The molecule has 0 spiro atoms. The highest BCUT2D eigenvalue weighted by atomic mass is 16.6. The van der Waals surface area contributed by atoms with Gasteiger partial charge in [-0.05, 0) is 57.8 Å². The molecule has 0 aliphatic heterocycles. The molecule has 0 bridgehead atoms. The summed E-state index contributed by atoms with van der Waals surface area (Å²) in [4.78, 5) is 37.5. The van der Waals surface area contributed by atoms with Crippen molar-refractivity contribution in [3.8, 4) is 0 Å². The lowest BCUT2D eigenvalue weighted by Gasteiger charge is -2.18. The van der Waals surface area contributed by atoms with Crippen LogP contribution < -0.4 is 0 Å². The predicted octanol–water partition coefficient (Wildman–Crippen LogP) is 14.1. The van der Waals surface area contributed by atoms with Crippen molar-refractivity contribution in [3.63, 3.8) is 0 Å². The van der Waals surface area contributed by atoms with E-state index in [9.17, 15) is 14.4 Å². The predicted molar refractivity (Wildman–Crippen MR) is 228 cm³/mol. The van der Waals surface area contributed by atoms with E-state index in [0.717, 1.165) is 70.6 Å². The average molecular weight is 755 g/mol. The summed E-state index contributed by atoms with van der Waals surface area (Å²) < 4.78 is 16.5. The topological polar surface area (TPSA) is 78.9 Å². The summed E-state index contributed by atoms with van der Waals surface area (Å²) in [5.74, 6) is -1.07. The summed E-state index contributed by atoms with van der Waals surface area (Å²) >= 11 is 0. The standard InChI is InChI=1S/C48H82O6/c1-4-7-10-13-16-19-21-22-23-24-25-27-29-32-35-38-41-47(50)53-44-45(43-52-46(49)40-37-34-31-28-18-15-12-9-6-3)54-48(51)42-39-36-33-30-26-20-17-14-11-8-5-2/h9,12,18,23-25,27-28,34,37,45H,4-8,10-11,13-17,19-22,26,29-33,35-36,38-44H2,1-3H3/b12-9-,24-23-,27-25-,28-18-,37-34-. The summed E-state index contributed by atoms with van der Waals surface area (Å²) in [6.45, 7) is 6.37. The van der Waals surface area contributed by atoms with Gasteiger partial charge in [-0.3, -0.25) is 14.4 Å². The van der Waals surface area contributed by atoms with Crippen molar-refractivity contribution >= 4 is 17.9 Å². The van der Waals surface area contributed by atoms with Gasteiger partial charge < -0.3 is 14.2 Å². The Morgan fingerprint density at radius 3 is 1.35 bits per heavy atom. The molecule has 1 atom stereocenters. The second-order valence-corrected chi connectivity index (χ2v) is 14.6. The van der Waals surface area contributed by atoms with Crippen molar-refractivity contribution < 1.29 is 28.6 Å². The first-order valence-electron chi connectivity index (χ1n) is 22.3. The van der Waals surface area contributed by atoms with Gasteiger partial charge >= 0.3 is 17.9 Å². The molecule has 0 aliphatic carbocycles. The Bertz CT molecular complexity index is 1010. The van der Waals surface area contributed by atoms with Crippen LogP contribution in [-0.4, -0.2) is 37.2 Å². The molecule has 6 heteroatoms. The summed E-state index contributed by atoms with van der Waals surface area (Å²) in [6.07, 6.45) is 51.0. The molecule has 0 aromatic rings. The number of hydrogen-bond acceptors (Lipinski definition) is 6. The molecule has 0 rings (SSSR count). The van der Waals surface area contributed by atoms with Crippen LogP contribution in [0.15, 0.2) is 60.8 Å². The van der Waals surface area contributed by atoms with Crippen molar-refractivity contribution in [1.82, 2.24) is 0 Å². The molecule has 54 heavy (non-hydrogen) atoms. The first-order chi connectivity index (χ1) is 26.5. The Kier molecular flexibility index (Phi) is 40.6. The van der Waals surface area contributed by atoms with Gasteiger partial charge in [-0.25, -0.2) is 0 Å². The van der Waals surface area contributed by atoms with Crippen molar-refractivity contribution in [2.45, 2.75) is 213 Å². The molecule has 310 valence electrons. The maximum absolute atomic E-state index is 12.7. The Morgan fingerprint density at radius 2 is 0.833 bits per heavy atom. The molecule has 1 unspecified atom stereocenters. The molecule has 0 aromatic heterocycles. The second kappa shape index (κ2) is 42.8. The van der Waals surface area contributed by atoms with E-state index in [0.29, 0.717) is 12.8 Å². The molecular weight excluding hydrogens is 673 g/mol. The number of carbonyl (C=O) groups is 3. The van der Waals surface area contributed by atoms with Gasteiger partial charge in [0.15, 0.2) is 6.10 Å². The van der Waals surface area contributed by atoms with Crippen LogP contribution in [0.2, 0.25) is 0 Å². The molecular formula is C48H82O6. The van der Waals surface area contributed by atoms with Crippen LogP contribution in [0.3, 0.4) is 0 Å². The minimum Gasteiger partial charge on any atom is -0.462 e.